The van der Waals surface area contributed by atoms with Crippen molar-refractivity contribution in [1.29, 1.82) is 0 Å². The number of nitrogens with zero attached hydrogens (tertiary/aromatic N) is 3. The summed E-state index contributed by atoms with van der Waals surface area (Å²) in [6.07, 6.45) is 4.84. The van der Waals surface area contributed by atoms with E-state index in [4.69, 9.17) is 0 Å². The maximum atomic E-state index is 13.2. The number of carbonyl (C=O) groups is 1. The molecule has 136 valence electrons. The molecule has 0 bridgehead atoms. The van der Waals surface area contributed by atoms with Crippen molar-refractivity contribution in [2.24, 2.45) is 5.10 Å². The van der Waals surface area contributed by atoms with Crippen LogP contribution in [0.4, 0.5) is 4.39 Å². The molecule has 0 aliphatic heterocycles. The number of aromatic nitrogens is 2. The van der Waals surface area contributed by atoms with Crippen LogP contribution < -0.4 is 5.43 Å². The highest BCUT2D eigenvalue weighted by atomic mass is 19.1. The summed E-state index contributed by atoms with van der Waals surface area (Å²) in [5.41, 5.74) is 5.79. The Morgan fingerprint density at radius 1 is 1.00 bits per heavy atom. The Morgan fingerprint density at radius 2 is 1.75 bits per heavy atom. The second kappa shape index (κ2) is 7.75. The number of para-hydroxylation sites is 1. The van der Waals surface area contributed by atoms with Crippen molar-refractivity contribution in [3.63, 3.8) is 0 Å². The second-order valence-electron chi connectivity index (χ2n) is 6.06. The van der Waals surface area contributed by atoms with E-state index in [1.54, 1.807) is 48.9 Å². The van der Waals surface area contributed by atoms with Gasteiger partial charge in [0.2, 0.25) is 0 Å². The van der Waals surface area contributed by atoms with Gasteiger partial charge in [-0.05, 0) is 54.1 Å². The fraction of sp³-hybridized carbons (Fsp3) is 0. The number of nitrogens with one attached hydrogen (secondary N) is 1. The molecule has 1 amide bonds. The van der Waals surface area contributed by atoms with E-state index in [1.807, 2.05) is 24.3 Å². The number of pyridine rings is 2. The van der Waals surface area contributed by atoms with E-state index >= 15 is 0 Å². The van der Waals surface area contributed by atoms with Gasteiger partial charge in [0.1, 0.15) is 5.82 Å². The number of fused-ring (bicyclic) bond motifs is 1. The lowest BCUT2D eigenvalue weighted by molar-refractivity contribution is 0.0956. The Kier molecular flexibility index (Phi) is 4.84. The molecule has 0 spiro atoms. The van der Waals surface area contributed by atoms with Crippen molar-refractivity contribution in [2.75, 3.05) is 0 Å². The van der Waals surface area contributed by atoms with Crippen LogP contribution in [0.2, 0.25) is 0 Å². The highest BCUT2D eigenvalue weighted by molar-refractivity contribution is 6.07. The van der Waals surface area contributed by atoms with Crippen LogP contribution in [-0.2, 0) is 0 Å². The summed E-state index contributed by atoms with van der Waals surface area (Å²) in [4.78, 5) is 21.3. The smallest absolute Gasteiger partial charge is 0.267 e. The minimum atomic E-state index is -0.354. The zero-order valence-electron chi connectivity index (χ0n) is 14.7. The summed E-state index contributed by atoms with van der Waals surface area (Å²) in [5, 5.41) is 4.73. The lowest BCUT2D eigenvalue weighted by atomic mass is 10.0. The van der Waals surface area contributed by atoms with Crippen molar-refractivity contribution < 1.29 is 9.18 Å². The van der Waals surface area contributed by atoms with E-state index in [2.05, 4.69) is 20.5 Å². The van der Waals surface area contributed by atoms with E-state index < -0.39 is 0 Å². The summed E-state index contributed by atoms with van der Waals surface area (Å²) in [6, 6.07) is 18.6. The van der Waals surface area contributed by atoms with Gasteiger partial charge >= 0.3 is 0 Å². The number of hydrogen-bond acceptors (Lipinski definition) is 4. The van der Waals surface area contributed by atoms with Gasteiger partial charge in [-0.3, -0.25) is 9.78 Å². The number of amides is 1. The number of benzene rings is 2. The van der Waals surface area contributed by atoms with Gasteiger partial charge < -0.3 is 0 Å². The molecule has 0 fully saturated rings. The Balaban J connectivity index is 1.69. The number of rotatable bonds is 4. The standard InChI is InChI=1S/C22H15FN4O/c23-17-7-5-16(6-8-17)21-13-19(18-3-1-2-4-20(18)26-21)22(28)27-25-14-15-9-11-24-12-10-15/h1-14H,(H,27,28)/b25-14+. The normalized spacial score (nSPS) is 11.0. The van der Waals surface area contributed by atoms with Crippen LogP contribution in [0, 0.1) is 5.82 Å². The van der Waals surface area contributed by atoms with Gasteiger partial charge in [0, 0.05) is 23.3 Å². The number of halogens is 1. The maximum absolute atomic E-state index is 13.2. The first-order valence-corrected chi connectivity index (χ1v) is 8.60. The molecular weight excluding hydrogens is 355 g/mol. The van der Waals surface area contributed by atoms with Crippen molar-refractivity contribution in [3.8, 4) is 11.3 Å². The first kappa shape index (κ1) is 17.5. The fourth-order valence-electron chi connectivity index (χ4n) is 2.81. The molecule has 0 aliphatic rings. The zero-order chi connectivity index (χ0) is 19.3. The molecule has 6 heteroatoms. The quantitative estimate of drug-likeness (QED) is 0.432. The third-order valence-corrected chi connectivity index (χ3v) is 4.19. The van der Waals surface area contributed by atoms with Gasteiger partial charge in [-0.25, -0.2) is 14.8 Å². The van der Waals surface area contributed by atoms with Crippen molar-refractivity contribution in [2.45, 2.75) is 0 Å². The van der Waals surface area contributed by atoms with Crippen molar-refractivity contribution >= 4 is 23.0 Å². The fourth-order valence-corrected chi connectivity index (χ4v) is 2.81. The number of carbonyl (C=O) groups excluding carboxylic acids is 1. The van der Waals surface area contributed by atoms with Crippen molar-refractivity contribution in [1.82, 2.24) is 15.4 Å². The first-order valence-electron chi connectivity index (χ1n) is 8.60. The summed E-state index contributed by atoms with van der Waals surface area (Å²) in [6.45, 7) is 0. The summed E-state index contributed by atoms with van der Waals surface area (Å²) < 4.78 is 13.2. The lowest BCUT2D eigenvalue weighted by Gasteiger charge is -2.09. The van der Waals surface area contributed by atoms with Crippen LogP contribution in [0.15, 0.2) is 84.2 Å². The molecule has 2 aromatic carbocycles. The molecule has 4 rings (SSSR count). The van der Waals surface area contributed by atoms with Crippen molar-refractivity contribution in [3.05, 3.63) is 96.1 Å². The maximum Gasteiger partial charge on any atom is 0.272 e. The van der Waals surface area contributed by atoms with Gasteiger partial charge in [0.25, 0.3) is 5.91 Å². The van der Waals surface area contributed by atoms with E-state index in [9.17, 15) is 9.18 Å². The van der Waals surface area contributed by atoms with Crippen LogP contribution in [0.1, 0.15) is 15.9 Å². The van der Waals surface area contributed by atoms with Gasteiger partial charge in [-0.1, -0.05) is 18.2 Å². The largest absolute Gasteiger partial charge is 0.272 e. The number of hydrazone groups is 1. The molecule has 28 heavy (non-hydrogen) atoms. The number of hydrogen-bond donors (Lipinski definition) is 1. The van der Waals surface area contributed by atoms with Gasteiger partial charge in [0.15, 0.2) is 0 Å². The summed E-state index contributed by atoms with van der Waals surface area (Å²) in [7, 11) is 0. The molecule has 4 aromatic rings. The molecule has 0 saturated carbocycles. The van der Waals surface area contributed by atoms with Gasteiger partial charge in [-0.15, -0.1) is 0 Å². The highest BCUT2D eigenvalue weighted by Gasteiger charge is 2.13. The Hall–Kier alpha value is -3.93. The van der Waals surface area contributed by atoms with Crippen LogP contribution in [0.3, 0.4) is 0 Å². The molecule has 2 heterocycles. The zero-order valence-corrected chi connectivity index (χ0v) is 14.7. The summed E-state index contributed by atoms with van der Waals surface area (Å²) in [5.74, 6) is -0.680. The molecule has 2 aromatic heterocycles. The SMILES string of the molecule is O=C(N/N=C/c1ccncc1)c1cc(-c2ccc(F)cc2)nc2ccccc12. The van der Waals surface area contributed by atoms with Crippen LogP contribution in [0.5, 0.6) is 0 Å². The van der Waals surface area contributed by atoms with Crippen LogP contribution in [0.25, 0.3) is 22.2 Å². The summed E-state index contributed by atoms with van der Waals surface area (Å²) >= 11 is 0. The predicted octanol–water partition coefficient (Wildman–Crippen LogP) is 4.20. The van der Waals surface area contributed by atoms with E-state index in [0.29, 0.717) is 22.2 Å². The molecule has 0 aliphatic carbocycles. The molecule has 0 saturated heterocycles. The van der Waals surface area contributed by atoms with E-state index in [-0.39, 0.29) is 11.7 Å². The topological polar surface area (TPSA) is 67.2 Å². The molecule has 0 radical (unpaired) electrons. The Morgan fingerprint density at radius 3 is 2.54 bits per heavy atom. The molecular formula is C22H15FN4O. The van der Waals surface area contributed by atoms with Gasteiger partial charge in [0.05, 0.1) is 23.0 Å². The highest BCUT2D eigenvalue weighted by Crippen LogP contribution is 2.25. The predicted molar refractivity (Wildman–Crippen MR) is 106 cm³/mol. The molecule has 0 unspecified atom stereocenters. The average Bonchev–Trinajstić information content (AvgIpc) is 2.74. The minimum Gasteiger partial charge on any atom is -0.267 e. The molecule has 5 nitrogen and oxygen atoms in total. The van der Waals surface area contributed by atoms with Crippen LogP contribution in [-0.4, -0.2) is 22.1 Å². The molecule has 0 atom stereocenters. The van der Waals surface area contributed by atoms with Crippen LogP contribution >= 0.6 is 0 Å². The third kappa shape index (κ3) is 3.76. The molecule has 1 N–H and O–H groups in total. The lowest BCUT2D eigenvalue weighted by Crippen LogP contribution is -2.18. The second-order valence-corrected chi connectivity index (χ2v) is 6.06. The first-order chi connectivity index (χ1) is 13.7. The third-order valence-electron chi connectivity index (χ3n) is 4.19. The minimum absolute atomic E-state index is 0.326. The average molecular weight is 370 g/mol. The van der Waals surface area contributed by atoms with E-state index in [1.165, 1.54) is 12.1 Å². The van der Waals surface area contributed by atoms with Gasteiger partial charge in [-0.2, -0.15) is 5.10 Å². The Bertz CT molecular complexity index is 1160. The Labute approximate surface area is 160 Å². The van der Waals surface area contributed by atoms with E-state index in [0.717, 1.165) is 11.1 Å². The monoisotopic (exact) mass is 370 g/mol.